The molecule has 0 amide bonds. The summed E-state index contributed by atoms with van der Waals surface area (Å²) >= 11 is 1.25. The zero-order chi connectivity index (χ0) is 19.0. The number of nitrogens with zero attached hydrogens (tertiary/aromatic N) is 6. The Kier molecular flexibility index (Phi) is 4.74. The standard InChI is InChI=1S/C18H20N6O2S/c1-12-6-8-22(9-7-12)17-20-21-18(23(17)14-3-4-14)27-16-5-2-13(11-19)10-15(16)24(25)26/h2,5,10,12,14H,3-4,6-9H2,1H3. The number of nitro groups is 1. The van der Waals surface area contributed by atoms with Crippen LogP contribution in [-0.2, 0) is 0 Å². The Morgan fingerprint density at radius 3 is 2.63 bits per heavy atom. The lowest BCUT2D eigenvalue weighted by molar-refractivity contribution is -0.387. The molecule has 1 aliphatic heterocycles. The monoisotopic (exact) mass is 384 g/mol. The zero-order valence-corrected chi connectivity index (χ0v) is 15.9. The molecule has 8 nitrogen and oxygen atoms in total. The highest BCUT2D eigenvalue weighted by atomic mass is 32.2. The molecule has 2 fully saturated rings. The molecule has 2 heterocycles. The minimum absolute atomic E-state index is 0.0715. The molecule has 140 valence electrons. The third-order valence-electron chi connectivity index (χ3n) is 5.11. The van der Waals surface area contributed by atoms with Crippen LogP contribution in [0.1, 0.15) is 44.2 Å². The number of aromatic nitrogens is 3. The van der Waals surface area contributed by atoms with Crippen LogP contribution in [0.3, 0.4) is 0 Å². The highest BCUT2D eigenvalue weighted by molar-refractivity contribution is 7.99. The molecule has 0 N–H and O–H groups in total. The van der Waals surface area contributed by atoms with Gasteiger partial charge in [0.1, 0.15) is 0 Å². The molecule has 1 saturated carbocycles. The van der Waals surface area contributed by atoms with Crippen LogP contribution < -0.4 is 4.90 Å². The largest absolute Gasteiger partial charge is 0.341 e. The molecule has 1 aromatic carbocycles. The van der Waals surface area contributed by atoms with Crippen molar-refractivity contribution in [2.24, 2.45) is 5.92 Å². The van der Waals surface area contributed by atoms with E-state index in [2.05, 4.69) is 26.6 Å². The first-order valence-electron chi connectivity index (χ1n) is 9.13. The summed E-state index contributed by atoms with van der Waals surface area (Å²) in [6, 6.07) is 6.85. The van der Waals surface area contributed by atoms with Gasteiger partial charge in [0, 0.05) is 25.2 Å². The number of hydrogen-bond acceptors (Lipinski definition) is 7. The van der Waals surface area contributed by atoms with Crippen molar-refractivity contribution in [2.45, 2.75) is 48.7 Å². The summed E-state index contributed by atoms with van der Waals surface area (Å²) in [5.74, 6) is 1.61. The maximum atomic E-state index is 11.4. The second kappa shape index (κ2) is 7.19. The van der Waals surface area contributed by atoms with Gasteiger partial charge >= 0.3 is 0 Å². The number of rotatable bonds is 5. The molecule has 0 spiro atoms. The van der Waals surface area contributed by atoms with Gasteiger partial charge in [-0.15, -0.1) is 10.2 Å². The Bertz CT molecular complexity index is 909. The van der Waals surface area contributed by atoms with Gasteiger partial charge in [0.2, 0.25) is 5.95 Å². The summed E-state index contributed by atoms with van der Waals surface area (Å²) in [6.07, 6.45) is 4.44. The van der Waals surface area contributed by atoms with E-state index in [1.807, 2.05) is 6.07 Å². The summed E-state index contributed by atoms with van der Waals surface area (Å²) in [7, 11) is 0. The number of anilines is 1. The average molecular weight is 384 g/mol. The maximum Gasteiger partial charge on any atom is 0.284 e. The van der Waals surface area contributed by atoms with Gasteiger partial charge in [0.05, 0.1) is 21.5 Å². The van der Waals surface area contributed by atoms with Gasteiger partial charge in [-0.05, 0) is 55.5 Å². The minimum atomic E-state index is -0.450. The van der Waals surface area contributed by atoms with Crippen molar-refractivity contribution in [1.29, 1.82) is 5.26 Å². The van der Waals surface area contributed by atoms with Crippen LogP contribution >= 0.6 is 11.8 Å². The molecule has 0 bridgehead atoms. The topological polar surface area (TPSA) is 101 Å². The predicted octanol–water partition coefficient (Wildman–Crippen LogP) is 3.78. The summed E-state index contributed by atoms with van der Waals surface area (Å²) in [5, 5.41) is 29.9. The van der Waals surface area contributed by atoms with Gasteiger partial charge in [-0.2, -0.15) is 5.26 Å². The predicted molar refractivity (Wildman–Crippen MR) is 101 cm³/mol. The number of nitriles is 1. The van der Waals surface area contributed by atoms with E-state index in [1.165, 1.54) is 17.8 Å². The summed E-state index contributed by atoms with van der Waals surface area (Å²) in [5.41, 5.74) is 0.204. The van der Waals surface area contributed by atoms with Gasteiger partial charge in [0.25, 0.3) is 5.69 Å². The molecule has 0 atom stereocenters. The van der Waals surface area contributed by atoms with Crippen LogP contribution in [-0.4, -0.2) is 32.8 Å². The Balaban J connectivity index is 1.66. The van der Waals surface area contributed by atoms with Gasteiger partial charge < -0.3 is 4.90 Å². The van der Waals surface area contributed by atoms with Gasteiger partial charge in [-0.1, -0.05) is 6.92 Å². The number of hydrogen-bond donors (Lipinski definition) is 0. The van der Waals surface area contributed by atoms with Crippen LogP contribution in [0.25, 0.3) is 0 Å². The fourth-order valence-corrected chi connectivity index (χ4v) is 4.31. The number of benzene rings is 1. The van der Waals surface area contributed by atoms with Crippen LogP contribution in [0.5, 0.6) is 0 Å². The van der Waals surface area contributed by atoms with E-state index in [4.69, 9.17) is 5.26 Å². The Morgan fingerprint density at radius 1 is 1.26 bits per heavy atom. The normalized spacial score (nSPS) is 17.7. The van der Waals surface area contributed by atoms with Crippen LogP contribution in [0, 0.1) is 27.4 Å². The highest BCUT2D eigenvalue weighted by Crippen LogP contribution is 2.44. The first-order chi connectivity index (χ1) is 13.1. The van der Waals surface area contributed by atoms with Crippen LogP contribution in [0.15, 0.2) is 28.3 Å². The molecule has 1 saturated heterocycles. The zero-order valence-electron chi connectivity index (χ0n) is 15.0. The van der Waals surface area contributed by atoms with E-state index in [9.17, 15) is 10.1 Å². The summed E-state index contributed by atoms with van der Waals surface area (Å²) in [4.78, 5) is 13.7. The molecule has 0 unspecified atom stereocenters. The fraction of sp³-hybridized carbons (Fsp3) is 0.500. The summed E-state index contributed by atoms with van der Waals surface area (Å²) in [6.45, 7) is 4.20. The molecule has 1 aromatic heterocycles. The lowest BCUT2D eigenvalue weighted by atomic mass is 10.00. The van der Waals surface area contributed by atoms with E-state index in [0.717, 1.165) is 50.6 Å². The molecule has 2 aliphatic rings. The van der Waals surface area contributed by atoms with Crippen molar-refractivity contribution in [3.05, 3.63) is 33.9 Å². The molecule has 4 rings (SSSR count). The van der Waals surface area contributed by atoms with Gasteiger partial charge in [-0.25, -0.2) is 0 Å². The van der Waals surface area contributed by atoms with E-state index < -0.39 is 4.92 Å². The van der Waals surface area contributed by atoms with E-state index >= 15 is 0 Å². The van der Waals surface area contributed by atoms with Crippen molar-refractivity contribution < 1.29 is 4.92 Å². The van der Waals surface area contributed by atoms with Gasteiger partial charge in [-0.3, -0.25) is 14.7 Å². The quantitative estimate of drug-likeness (QED) is 0.571. The molecular formula is C18H20N6O2S. The van der Waals surface area contributed by atoms with Crippen molar-refractivity contribution in [3.63, 3.8) is 0 Å². The van der Waals surface area contributed by atoms with E-state index in [-0.39, 0.29) is 11.3 Å². The van der Waals surface area contributed by atoms with Crippen molar-refractivity contribution in [3.8, 4) is 6.07 Å². The first kappa shape index (κ1) is 17.8. The molecular weight excluding hydrogens is 364 g/mol. The smallest absolute Gasteiger partial charge is 0.284 e. The summed E-state index contributed by atoms with van der Waals surface area (Å²) < 4.78 is 2.14. The maximum absolute atomic E-state index is 11.4. The Labute approximate surface area is 161 Å². The minimum Gasteiger partial charge on any atom is -0.341 e. The average Bonchev–Trinajstić information content (AvgIpc) is 3.43. The highest BCUT2D eigenvalue weighted by Gasteiger charge is 2.33. The van der Waals surface area contributed by atoms with Crippen LogP contribution in [0.4, 0.5) is 11.6 Å². The third-order valence-corrected chi connectivity index (χ3v) is 6.14. The lowest BCUT2D eigenvalue weighted by Crippen LogP contribution is -2.34. The second-order valence-corrected chi connectivity index (χ2v) is 8.22. The van der Waals surface area contributed by atoms with Crippen molar-refractivity contribution in [1.82, 2.24) is 14.8 Å². The molecule has 1 aliphatic carbocycles. The number of piperidine rings is 1. The van der Waals surface area contributed by atoms with Crippen molar-refractivity contribution in [2.75, 3.05) is 18.0 Å². The Morgan fingerprint density at radius 2 is 2.00 bits per heavy atom. The fourth-order valence-electron chi connectivity index (χ4n) is 3.33. The lowest BCUT2D eigenvalue weighted by Gasteiger charge is -2.31. The molecule has 27 heavy (non-hydrogen) atoms. The molecule has 9 heteroatoms. The Hall–Kier alpha value is -2.60. The van der Waals surface area contributed by atoms with Gasteiger partial charge in [0.15, 0.2) is 5.16 Å². The SMILES string of the molecule is CC1CCN(c2nnc(Sc3ccc(C#N)cc3[N+](=O)[O-])n2C2CC2)CC1. The second-order valence-electron chi connectivity index (χ2n) is 7.21. The van der Waals surface area contributed by atoms with E-state index in [1.54, 1.807) is 12.1 Å². The molecule has 0 radical (unpaired) electrons. The number of nitro benzene ring substituents is 1. The third kappa shape index (κ3) is 3.62. The van der Waals surface area contributed by atoms with Crippen molar-refractivity contribution >= 4 is 23.4 Å². The van der Waals surface area contributed by atoms with Crippen LogP contribution in [0.2, 0.25) is 0 Å². The van der Waals surface area contributed by atoms with E-state index in [0.29, 0.717) is 16.1 Å². The molecule has 2 aromatic rings. The first-order valence-corrected chi connectivity index (χ1v) is 9.94.